The molecule has 2 heterocycles. The molecule has 0 fully saturated rings. The largest absolute Gasteiger partial charge is 0.424 e. The summed E-state index contributed by atoms with van der Waals surface area (Å²) < 4.78 is 5.64. The maximum atomic E-state index is 5.64. The van der Waals surface area contributed by atoms with E-state index in [2.05, 4.69) is 46.1 Å². The highest BCUT2D eigenvalue weighted by molar-refractivity contribution is 7.98. The van der Waals surface area contributed by atoms with Crippen molar-refractivity contribution in [3.63, 3.8) is 0 Å². The molecule has 0 spiro atoms. The van der Waals surface area contributed by atoms with Crippen molar-refractivity contribution >= 4 is 11.8 Å². The molecule has 20 heavy (non-hydrogen) atoms. The number of thioether (sulfide) groups is 1. The summed E-state index contributed by atoms with van der Waals surface area (Å²) in [6.07, 6.45) is 0. The molecule has 0 atom stereocenters. The lowest BCUT2D eigenvalue weighted by atomic mass is 9.96. The Bertz CT molecular complexity index is 524. The molecular weight excluding hydrogens is 274 g/mol. The van der Waals surface area contributed by atoms with E-state index in [0.717, 1.165) is 5.82 Å². The number of nitrogens with one attached hydrogen (secondary N) is 1. The summed E-state index contributed by atoms with van der Waals surface area (Å²) in [6.45, 7) is 12.4. The Morgan fingerprint density at radius 2 is 1.75 bits per heavy atom. The van der Waals surface area contributed by atoms with Gasteiger partial charge in [-0.2, -0.15) is 0 Å². The van der Waals surface area contributed by atoms with Gasteiger partial charge in [-0.15, -0.1) is 15.3 Å². The van der Waals surface area contributed by atoms with E-state index in [9.17, 15) is 0 Å². The third kappa shape index (κ3) is 3.59. The zero-order valence-corrected chi connectivity index (χ0v) is 13.6. The molecule has 0 saturated carbocycles. The van der Waals surface area contributed by atoms with Crippen LogP contribution in [0.15, 0.2) is 9.57 Å². The molecule has 0 aliphatic carbocycles. The molecule has 2 rings (SSSR count). The Labute approximate surface area is 123 Å². The van der Waals surface area contributed by atoms with E-state index >= 15 is 0 Å². The monoisotopic (exact) mass is 295 g/mol. The van der Waals surface area contributed by atoms with Crippen LogP contribution in [0.25, 0.3) is 0 Å². The molecule has 2 aromatic heterocycles. The topological polar surface area (TPSA) is 80.5 Å². The highest BCUT2D eigenvalue weighted by atomic mass is 32.2. The van der Waals surface area contributed by atoms with E-state index in [0.29, 0.717) is 22.7 Å². The summed E-state index contributed by atoms with van der Waals surface area (Å²) in [6, 6.07) is 0. The van der Waals surface area contributed by atoms with Crippen molar-refractivity contribution in [2.24, 2.45) is 0 Å². The maximum absolute atomic E-state index is 5.64. The van der Waals surface area contributed by atoms with Crippen molar-refractivity contribution < 1.29 is 4.42 Å². The van der Waals surface area contributed by atoms with E-state index in [4.69, 9.17) is 4.42 Å². The van der Waals surface area contributed by atoms with Crippen molar-refractivity contribution in [2.45, 2.75) is 63.3 Å². The Morgan fingerprint density at radius 3 is 2.25 bits per heavy atom. The Morgan fingerprint density at radius 1 is 1.05 bits per heavy atom. The average Bonchev–Trinajstić information content (AvgIpc) is 2.94. The fourth-order valence-electron chi connectivity index (χ4n) is 1.39. The van der Waals surface area contributed by atoms with Crippen molar-refractivity contribution in [1.29, 1.82) is 0 Å². The predicted molar refractivity (Wildman–Crippen MR) is 77.6 cm³/mol. The number of hydrogen-bond donors (Lipinski definition) is 1. The van der Waals surface area contributed by atoms with Crippen LogP contribution >= 0.6 is 11.8 Å². The summed E-state index contributed by atoms with van der Waals surface area (Å²) in [5.74, 6) is 2.70. The molecule has 0 aliphatic rings. The second-order valence-corrected chi connectivity index (χ2v) is 7.70. The third-order valence-corrected chi connectivity index (χ3v) is 3.44. The minimum absolute atomic E-state index is 0.0320. The van der Waals surface area contributed by atoms with Gasteiger partial charge in [0.25, 0.3) is 0 Å². The first-order valence-electron chi connectivity index (χ1n) is 6.55. The van der Waals surface area contributed by atoms with Crippen LogP contribution < -0.4 is 0 Å². The smallest absolute Gasteiger partial charge is 0.226 e. The van der Waals surface area contributed by atoms with Gasteiger partial charge < -0.3 is 4.42 Å². The molecule has 0 aromatic carbocycles. The van der Waals surface area contributed by atoms with Gasteiger partial charge in [0.05, 0.1) is 5.75 Å². The zero-order chi connectivity index (χ0) is 15.0. The number of aromatic nitrogens is 5. The summed E-state index contributed by atoms with van der Waals surface area (Å²) in [5, 5.41) is 16.0. The first-order valence-corrected chi connectivity index (χ1v) is 7.53. The van der Waals surface area contributed by atoms with E-state index in [1.165, 1.54) is 11.8 Å². The summed E-state index contributed by atoms with van der Waals surface area (Å²) >= 11 is 1.48. The van der Waals surface area contributed by atoms with E-state index in [1.807, 2.05) is 20.8 Å². The molecule has 0 unspecified atom stereocenters. The number of aromatic amines is 1. The van der Waals surface area contributed by atoms with Gasteiger partial charge >= 0.3 is 0 Å². The molecule has 110 valence electrons. The second-order valence-electron chi connectivity index (χ2n) is 6.76. The number of hydrogen-bond acceptors (Lipinski definition) is 6. The first-order chi connectivity index (χ1) is 9.16. The zero-order valence-electron chi connectivity index (χ0n) is 12.8. The number of nitrogens with zero attached hydrogens (tertiary/aromatic N) is 4. The lowest BCUT2D eigenvalue weighted by molar-refractivity contribution is 0.378. The Hall–Kier alpha value is -1.37. The van der Waals surface area contributed by atoms with Crippen molar-refractivity contribution in [2.75, 3.05) is 0 Å². The highest BCUT2D eigenvalue weighted by Gasteiger charge is 2.22. The standard InChI is InChI=1S/C13H21N5OS/c1-12(2,3)9-14-11(18-16-9)20-7-8-15-17-10(19-8)13(4,5)6/h7H2,1-6H3,(H,14,16,18). The van der Waals surface area contributed by atoms with Gasteiger partial charge in [-0.25, -0.2) is 4.98 Å². The molecule has 0 bridgehead atoms. The highest BCUT2D eigenvalue weighted by Crippen LogP contribution is 2.25. The lowest BCUT2D eigenvalue weighted by Crippen LogP contribution is -2.13. The fraction of sp³-hybridized carbons (Fsp3) is 0.692. The molecular formula is C13H21N5OS. The molecule has 1 N–H and O–H groups in total. The molecule has 0 aliphatic heterocycles. The van der Waals surface area contributed by atoms with Gasteiger partial charge in [0, 0.05) is 10.8 Å². The Kier molecular flexibility index (Phi) is 3.90. The van der Waals surface area contributed by atoms with Crippen LogP contribution in [0.5, 0.6) is 0 Å². The van der Waals surface area contributed by atoms with Crippen LogP contribution in [0, 0.1) is 0 Å². The van der Waals surface area contributed by atoms with Crippen molar-refractivity contribution in [1.82, 2.24) is 25.4 Å². The van der Waals surface area contributed by atoms with Gasteiger partial charge in [0.2, 0.25) is 16.9 Å². The Balaban J connectivity index is 1.99. The number of rotatable bonds is 3. The van der Waals surface area contributed by atoms with Crippen LogP contribution in [-0.4, -0.2) is 25.4 Å². The van der Waals surface area contributed by atoms with Crippen LogP contribution in [-0.2, 0) is 16.6 Å². The van der Waals surface area contributed by atoms with Gasteiger partial charge in [-0.05, 0) is 0 Å². The van der Waals surface area contributed by atoms with Gasteiger partial charge in [-0.3, -0.25) is 5.10 Å². The van der Waals surface area contributed by atoms with Crippen molar-refractivity contribution in [3.8, 4) is 0 Å². The van der Waals surface area contributed by atoms with Crippen LogP contribution in [0.3, 0.4) is 0 Å². The van der Waals surface area contributed by atoms with E-state index in [-0.39, 0.29) is 10.8 Å². The molecule has 0 radical (unpaired) electrons. The van der Waals surface area contributed by atoms with Crippen molar-refractivity contribution in [3.05, 3.63) is 17.6 Å². The van der Waals surface area contributed by atoms with E-state index < -0.39 is 0 Å². The minimum atomic E-state index is -0.125. The van der Waals surface area contributed by atoms with Gasteiger partial charge in [0.1, 0.15) is 5.82 Å². The fourth-order valence-corrected chi connectivity index (χ4v) is 2.02. The average molecular weight is 295 g/mol. The maximum Gasteiger partial charge on any atom is 0.226 e. The first kappa shape index (κ1) is 15.0. The van der Waals surface area contributed by atoms with Crippen LogP contribution in [0.1, 0.15) is 59.1 Å². The lowest BCUT2D eigenvalue weighted by Gasteiger charge is -2.12. The third-order valence-electron chi connectivity index (χ3n) is 2.61. The summed E-state index contributed by atoms with van der Waals surface area (Å²) in [5.41, 5.74) is -0.157. The number of H-pyrrole nitrogens is 1. The molecule has 7 heteroatoms. The molecule has 2 aromatic rings. The van der Waals surface area contributed by atoms with Crippen LogP contribution in [0.2, 0.25) is 0 Å². The summed E-state index contributed by atoms with van der Waals surface area (Å²) in [4.78, 5) is 4.46. The normalized spacial score (nSPS) is 12.9. The minimum Gasteiger partial charge on any atom is -0.424 e. The second kappa shape index (κ2) is 5.20. The summed E-state index contributed by atoms with van der Waals surface area (Å²) in [7, 11) is 0. The van der Waals surface area contributed by atoms with Gasteiger partial charge in [0.15, 0.2) is 0 Å². The molecule has 6 nitrogen and oxygen atoms in total. The predicted octanol–water partition coefficient (Wildman–Crippen LogP) is 3.08. The van der Waals surface area contributed by atoms with Crippen LogP contribution in [0.4, 0.5) is 0 Å². The molecule has 0 amide bonds. The van der Waals surface area contributed by atoms with Gasteiger partial charge in [-0.1, -0.05) is 53.3 Å². The quantitative estimate of drug-likeness (QED) is 0.876. The molecule has 0 saturated heterocycles. The van der Waals surface area contributed by atoms with E-state index in [1.54, 1.807) is 0 Å². The SMILES string of the molecule is CC(C)(C)c1nc(SCc2nnc(C(C)(C)C)o2)n[nH]1.